The van der Waals surface area contributed by atoms with E-state index in [1.807, 2.05) is 25.2 Å². The molecule has 0 radical (unpaired) electrons. The normalized spacial score (nSPS) is 10.2. The molecule has 0 aliphatic rings. The highest BCUT2D eigenvalue weighted by molar-refractivity contribution is 9.10. The van der Waals surface area contributed by atoms with E-state index in [-0.39, 0.29) is 0 Å². The number of nitriles is 1. The van der Waals surface area contributed by atoms with Crippen molar-refractivity contribution in [3.05, 3.63) is 28.2 Å². The number of halogens is 1. The first-order chi connectivity index (χ1) is 7.56. The van der Waals surface area contributed by atoms with Gasteiger partial charge < -0.3 is 4.90 Å². The van der Waals surface area contributed by atoms with Crippen LogP contribution in [0.3, 0.4) is 0 Å². The van der Waals surface area contributed by atoms with Crippen LogP contribution in [0.1, 0.15) is 25.8 Å². The molecule has 0 spiro atoms. The van der Waals surface area contributed by atoms with Gasteiger partial charge in [0, 0.05) is 18.1 Å². The van der Waals surface area contributed by atoms with Crippen molar-refractivity contribution in [3.8, 4) is 6.07 Å². The van der Waals surface area contributed by atoms with Crippen LogP contribution in [0.15, 0.2) is 22.7 Å². The summed E-state index contributed by atoms with van der Waals surface area (Å²) in [6.45, 7) is 5.39. The summed E-state index contributed by atoms with van der Waals surface area (Å²) in [6.07, 6.45) is 1.13. The van der Waals surface area contributed by atoms with Gasteiger partial charge in [-0.1, -0.05) is 19.9 Å². The molecule has 0 bridgehead atoms. The van der Waals surface area contributed by atoms with Crippen molar-refractivity contribution in [3.63, 3.8) is 0 Å². The van der Waals surface area contributed by atoms with Gasteiger partial charge >= 0.3 is 0 Å². The fourth-order valence-corrected chi connectivity index (χ4v) is 1.96. The maximum Gasteiger partial charge on any atom is 0.103 e. The summed E-state index contributed by atoms with van der Waals surface area (Å²) < 4.78 is 0.865. The molecule has 16 heavy (non-hydrogen) atoms. The smallest absolute Gasteiger partial charge is 0.103 e. The summed E-state index contributed by atoms with van der Waals surface area (Å²) in [7, 11) is 2.03. The van der Waals surface area contributed by atoms with Crippen molar-refractivity contribution < 1.29 is 0 Å². The predicted molar refractivity (Wildman–Crippen MR) is 71.6 cm³/mol. The zero-order valence-electron chi connectivity index (χ0n) is 10.00. The average Bonchev–Trinajstić information content (AvgIpc) is 2.25. The minimum atomic E-state index is 0.681. The van der Waals surface area contributed by atoms with E-state index in [2.05, 4.69) is 40.7 Å². The summed E-state index contributed by atoms with van der Waals surface area (Å²) in [5.74, 6) is 0.681. The van der Waals surface area contributed by atoms with Crippen LogP contribution in [0.4, 0.5) is 5.69 Å². The molecule has 3 heteroatoms. The lowest BCUT2D eigenvalue weighted by atomic mass is 10.1. The van der Waals surface area contributed by atoms with Crippen molar-refractivity contribution >= 4 is 21.6 Å². The van der Waals surface area contributed by atoms with Crippen molar-refractivity contribution in [2.45, 2.75) is 20.3 Å². The van der Waals surface area contributed by atoms with Gasteiger partial charge in [0.15, 0.2) is 0 Å². The Morgan fingerprint density at radius 3 is 2.69 bits per heavy atom. The van der Waals surface area contributed by atoms with Crippen molar-refractivity contribution in [2.75, 3.05) is 18.5 Å². The average molecular weight is 281 g/mol. The lowest BCUT2D eigenvalue weighted by Gasteiger charge is -2.21. The molecule has 0 saturated heterocycles. The molecule has 0 aliphatic carbocycles. The third-order valence-electron chi connectivity index (χ3n) is 2.56. The third kappa shape index (κ3) is 3.24. The molecule has 86 valence electrons. The molecule has 0 saturated carbocycles. The minimum absolute atomic E-state index is 0.681. The van der Waals surface area contributed by atoms with E-state index in [0.717, 1.165) is 23.1 Å². The minimum Gasteiger partial charge on any atom is -0.373 e. The molecule has 0 N–H and O–H groups in total. The Morgan fingerprint density at radius 1 is 1.44 bits per heavy atom. The highest BCUT2D eigenvalue weighted by Crippen LogP contribution is 2.26. The SMILES string of the molecule is CC(C)CCN(C)c1cccc(Br)c1C#N. The van der Waals surface area contributed by atoms with Crippen LogP contribution in [0.25, 0.3) is 0 Å². The van der Waals surface area contributed by atoms with Crippen LogP contribution in [-0.4, -0.2) is 13.6 Å². The standard InChI is InChI=1S/C13H17BrN2/c1-10(2)7-8-16(3)13-6-4-5-12(14)11(13)9-15/h4-6,10H,7-8H2,1-3H3. The molecular formula is C13H17BrN2. The largest absolute Gasteiger partial charge is 0.373 e. The molecule has 1 aromatic carbocycles. The van der Waals surface area contributed by atoms with Gasteiger partial charge in [-0.15, -0.1) is 0 Å². The molecular weight excluding hydrogens is 264 g/mol. The number of anilines is 1. The molecule has 2 nitrogen and oxygen atoms in total. The van der Waals surface area contributed by atoms with Gasteiger partial charge in [0.05, 0.1) is 11.3 Å². The molecule has 0 atom stereocenters. The van der Waals surface area contributed by atoms with Gasteiger partial charge in [-0.2, -0.15) is 5.26 Å². The molecule has 1 aromatic rings. The van der Waals surface area contributed by atoms with E-state index >= 15 is 0 Å². The van der Waals surface area contributed by atoms with Gasteiger partial charge in [0.2, 0.25) is 0 Å². The van der Waals surface area contributed by atoms with Crippen LogP contribution >= 0.6 is 15.9 Å². The first kappa shape index (κ1) is 13.1. The second kappa shape index (κ2) is 5.91. The third-order valence-corrected chi connectivity index (χ3v) is 3.22. The zero-order valence-corrected chi connectivity index (χ0v) is 11.6. The Bertz CT molecular complexity index is 393. The summed E-state index contributed by atoms with van der Waals surface area (Å²) in [4.78, 5) is 2.14. The van der Waals surface area contributed by atoms with Crippen molar-refractivity contribution in [2.24, 2.45) is 5.92 Å². The molecule has 0 unspecified atom stereocenters. The second-order valence-corrected chi connectivity index (χ2v) is 5.20. The van der Waals surface area contributed by atoms with Crippen LogP contribution in [0, 0.1) is 17.2 Å². The summed E-state index contributed by atoms with van der Waals surface area (Å²) >= 11 is 3.41. The quantitative estimate of drug-likeness (QED) is 0.839. The van der Waals surface area contributed by atoms with Crippen LogP contribution < -0.4 is 4.90 Å². The zero-order chi connectivity index (χ0) is 12.1. The molecule has 1 rings (SSSR count). The molecule has 0 amide bonds. The van der Waals surface area contributed by atoms with Gasteiger partial charge in [-0.3, -0.25) is 0 Å². The summed E-state index contributed by atoms with van der Waals surface area (Å²) in [6, 6.07) is 8.10. The van der Waals surface area contributed by atoms with Gasteiger partial charge in [0.25, 0.3) is 0 Å². The number of hydrogen-bond donors (Lipinski definition) is 0. The van der Waals surface area contributed by atoms with Gasteiger partial charge in [-0.25, -0.2) is 0 Å². The second-order valence-electron chi connectivity index (χ2n) is 4.35. The Balaban J connectivity index is 2.87. The van der Waals surface area contributed by atoms with E-state index in [9.17, 15) is 0 Å². The van der Waals surface area contributed by atoms with Gasteiger partial charge in [0.1, 0.15) is 6.07 Å². The fourth-order valence-electron chi connectivity index (χ4n) is 1.51. The Morgan fingerprint density at radius 2 is 2.12 bits per heavy atom. The summed E-state index contributed by atoms with van der Waals surface area (Å²) in [5.41, 5.74) is 1.71. The summed E-state index contributed by atoms with van der Waals surface area (Å²) in [5, 5.41) is 9.12. The van der Waals surface area contributed by atoms with Crippen LogP contribution in [-0.2, 0) is 0 Å². The number of nitrogens with zero attached hydrogens (tertiary/aromatic N) is 2. The number of rotatable bonds is 4. The van der Waals surface area contributed by atoms with Crippen LogP contribution in [0.5, 0.6) is 0 Å². The van der Waals surface area contributed by atoms with Crippen molar-refractivity contribution in [1.82, 2.24) is 0 Å². The predicted octanol–water partition coefficient (Wildman–Crippen LogP) is 3.80. The Kier molecular flexibility index (Phi) is 4.82. The first-order valence-corrected chi connectivity index (χ1v) is 6.25. The fraction of sp³-hybridized carbons (Fsp3) is 0.462. The van der Waals surface area contributed by atoms with Crippen LogP contribution in [0.2, 0.25) is 0 Å². The Hall–Kier alpha value is -1.01. The van der Waals surface area contributed by atoms with E-state index in [0.29, 0.717) is 11.5 Å². The van der Waals surface area contributed by atoms with E-state index in [1.165, 1.54) is 0 Å². The maximum absolute atomic E-state index is 9.12. The lowest BCUT2D eigenvalue weighted by Crippen LogP contribution is -2.20. The first-order valence-electron chi connectivity index (χ1n) is 5.46. The van der Waals surface area contributed by atoms with E-state index in [1.54, 1.807) is 0 Å². The topological polar surface area (TPSA) is 27.0 Å². The molecule has 0 heterocycles. The van der Waals surface area contributed by atoms with E-state index < -0.39 is 0 Å². The molecule has 0 fully saturated rings. The Labute approximate surface area is 106 Å². The molecule has 0 aromatic heterocycles. The highest BCUT2D eigenvalue weighted by Gasteiger charge is 2.10. The lowest BCUT2D eigenvalue weighted by molar-refractivity contribution is 0.585. The van der Waals surface area contributed by atoms with Gasteiger partial charge in [-0.05, 0) is 40.4 Å². The van der Waals surface area contributed by atoms with E-state index in [4.69, 9.17) is 5.26 Å². The highest BCUT2D eigenvalue weighted by atomic mass is 79.9. The molecule has 0 aliphatic heterocycles. The monoisotopic (exact) mass is 280 g/mol. The van der Waals surface area contributed by atoms with Crippen molar-refractivity contribution in [1.29, 1.82) is 5.26 Å². The maximum atomic E-state index is 9.12. The number of benzene rings is 1. The number of hydrogen-bond acceptors (Lipinski definition) is 2.